The molecule has 1 aromatic carbocycles. The van der Waals surface area contributed by atoms with Crippen LogP contribution in [0.25, 0.3) is 0 Å². The standard InChI is InChI=1S/C14H13NO6/c1-20-11-4-2-10(3-5-11)14(15(18)19)8-6-12(7-9-14)21-13(16)17/h2-8H,9H2,1H3,(H,16,17). The summed E-state index contributed by atoms with van der Waals surface area (Å²) >= 11 is 0. The number of hydrogen-bond acceptors (Lipinski definition) is 5. The molecule has 1 aliphatic carbocycles. The van der Waals surface area contributed by atoms with Gasteiger partial charge in [-0.3, -0.25) is 10.1 Å². The van der Waals surface area contributed by atoms with Gasteiger partial charge in [-0.05, 0) is 36.4 Å². The van der Waals surface area contributed by atoms with E-state index >= 15 is 0 Å². The number of nitrogens with zero attached hydrogens (tertiary/aromatic N) is 1. The van der Waals surface area contributed by atoms with E-state index in [9.17, 15) is 14.9 Å². The van der Waals surface area contributed by atoms with Gasteiger partial charge in [-0.1, -0.05) is 0 Å². The van der Waals surface area contributed by atoms with Gasteiger partial charge in [0.2, 0.25) is 0 Å². The Kier molecular flexibility index (Phi) is 3.93. The van der Waals surface area contributed by atoms with Gasteiger partial charge in [-0.25, -0.2) is 4.79 Å². The van der Waals surface area contributed by atoms with Crippen LogP contribution < -0.4 is 4.74 Å². The average Bonchev–Trinajstić information content (AvgIpc) is 2.47. The van der Waals surface area contributed by atoms with Crippen LogP contribution in [0.2, 0.25) is 0 Å². The lowest BCUT2D eigenvalue weighted by atomic mass is 9.84. The molecule has 0 aliphatic heterocycles. The average molecular weight is 291 g/mol. The van der Waals surface area contributed by atoms with Crippen molar-refractivity contribution in [3.8, 4) is 5.75 Å². The van der Waals surface area contributed by atoms with Gasteiger partial charge in [0.15, 0.2) is 0 Å². The Labute approximate surface area is 120 Å². The number of ether oxygens (including phenoxy) is 2. The molecule has 0 radical (unpaired) electrons. The lowest BCUT2D eigenvalue weighted by Gasteiger charge is -2.24. The van der Waals surface area contributed by atoms with E-state index in [0.717, 1.165) is 0 Å². The smallest absolute Gasteiger partial charge is 0.497 e. The molecule has 0 aromatic heterocycles. The molecule has 110 valence electrons. The highest BCUT2D eigenvalue weighted by molar-refractivity contribution is 5.59. The summed E-state index contributed by atoms with van der Waals surface area (Å²) in [4.78, 5) is 21.6. The molecule has 2 rings (SSSR count). The number of nitro groups is 1. The van der Waals surface area contributed by atoms with Crippen LogP contribution in [0, 0.1) is 10.1 Å². The lowest BCUT2D eigenvalue weighted by molar-refractivity contribution is -0.563. The summed E-state index contributed by atoms with van der Waals surface area (Å²) in [5.41, 5.74) is -0.951. The maximum absolute atomic E-state index is 11.5. The molecule has 1 atom stereocenters. The maximum Gasteiger partial charge on any atom is 0.511 e. The molecule has 1 N–H and O–H groups in total. The highest BCUT2D eigenvalue weighted by Gasteiger charge is 2.43. The summed E-state index contributed by atoms with van der Waals surface area (Å²) in [6.07, 6.45) is 2.58. The molecule has 0 saturated carbocycles. The summed E-state index contributed by atoms with van der Waals surface area (Å²) in [5, 5.41) is 20.0. The molecule has 1 aromatic rings. The Balaban J connectivity index is 2.32. The molecule has 0 saturated heterocycles. The molecule has 0 bridgehead atoms. The predicted octanol–water partition coefficient (Wildman–Crippen LogP) is 2.71. The first kappa shape index (κ1) is 14.6. The van der Waals surface area contributed by atoms with Gasteiger partial charge in [0, 0.05) is 23.0 Å². The fourth-order valence-electron chi connectivity index (χ4n) is 2.12. The van der Waals surface area contributed by atoms with Crippen molar-refractivity contribution >= 4 is 6.16 Å². The van der Waals surface area contributed by atoms with Gasteiger partial charge in [0.05, 0.1) is 7.11 Å². The number of rotatable bonds is 4. The zero-order valence-electron chi connectivity index (χ0n) is 11.2. The predicted molar refractivity (Wildman–Crippen MR) is 72.6 cm³/mol. The molecular formula is C14H13NO6. The van der Waals surface area contributed by atoms with Crippen LogP contribution in [-0.2, 0) is 10.3 Å². The Morgan fingerprint density at radius 2 is 2.05 bits per heavy atom. The van der Waals surface area contributed by atoms with Crippen molar-refractivity contribution in [2.24, 2.45) is 0 Å². The minimum atomic E-state index is -1.45. The molecule has 0 amide bonds. The van der Waals surface area contributed by atoms with Gasteiger partial charge >= 0.3 is 6.16 Å². The van der Waals surface area contributed by atoms with Crippen molar-refractivity contribution in [3.63, 3.8) is 0 Å². The summed E-state index contributed by atoms with van der Waals surface area (Å²) in [7, 11) is 1.51. The van der Waals surface area contributed by atoms with Crippen molar-refractivity contribution in [3.05, 3.63) is 63.9 Å². The van der Waals surface area contributed by atoms with Crippen LogP contribution in [0.1, 0.15) is 12.0 Å². The largest absolute Gasteiger partial charge is 0.511 e. The van der Waals surface area contributed by atoms with Crippen LogP contribution in [0.3, 0.4) is 0 Å². The third-order valence-corrected chi connectivity index (χ3v) is 3.26. The zero-order valence-corrected chi connectivity index (χ0v) is 11.2. The maximum atomic E-state index is 11.5. The lowest BCUT2D eigenvalue weighted by Crippen LogP contribution is -2.34. The normalized spacial score (nSPS) is 20.5. The van der Waals surface area contributed by atoms with Gasteiger partial charge in [0.25, 0.3) is 5.54 Å². The van der Waals surface area contributed by atoms with Gasteiger partial charge in [-0.15, -0.1) is 0 Å². The Hall–Kier alpha value is -2.83. The van der Waals surface area contributed by atoms with E-state index in [1.165, 1.54) is 25.3 Å². The molecule has 0 fully saturated rings. The fourth-order valence-corrected chi connectivity index (χ4v) is 2.12. The number of carbonyl (C=O) groups is 1. The van der Waals surface area contributed by atoms with E-state index in [0.29, 0.717) is 11.3 Å². The fraction of sp³-hybridized carbons (Fsp3) is 0.214. The molecule has 0 heterocycles. The van der Waals surface area contributed by atoms with E-state index in [2.05, 4.69) is 4.74 Å². The second-order valence-electron chi connectivity index (χ2n) is 4.42. The molecule has 21 heavy (non-hydrogen) atoms. The second kappa shape index (κ2) is 5.66. The summed E-state index contributed by atoms with van der Waals surface area (Å²) in [5.74, 6) is 0.677. The number of carboxylic acid groups (broad SMARTS) is 1. The van der Waals surface area contributed by atoms with Crippen LogP contribution in [0.5, 0.6) is 5.75 Å². The Morgan fingerprint density at radius 3 is 2.48 bits per heavy atom. The van der Waals surface area contributed by atoms with Crippen LogP contribution in [-0.4, -0.2) is 23.3 Å². The van der Waals surface area contributed by atoms with E-state index in [4.69, 9.17) is 9.84 Å². The van der Waals surface area contributed by atoms with Gasteiger partial charge in [-0.2, -0.15) is 0 Å². The van der Waals surface area contributed by atoms with E-state index in [-0.39, 0.29) is 12.2 Å². The topological polar surface area (TPSA) is 98.9 Å². The summed E-state index contributed by atoms with van der Waals surface area (Å²) in [6, 6.07) is 6.51. The highest BCUT2D eigenvalue weighted by atomic mass is 16.7. The highest BCUT2D eigenvalue weighted by Crippen LogP contribution is 2.35. The van der Waals surface area contributed by atoms with E-state index in [1.54, 1.807) is 24.3 Å². The summed E-state index contributed by atoms with van der Waals surface area (Å²) < 4.78 is 9.51. The molecule has 0 spiro atoms. The van der Waals surface area contributed by atoms with Crippen molar-refractivity contribution in [2.75, 3.05) is 7.11 Å². The van der Waals surface area contributed by atoms with Crippen LogP contribution in [0.4, 0.5) is 4.79 Å². The van der Waals surface area contributed by atoms with E-state index in [1.807, 2.05) is 0 Å². The quantitative estimate of drug-likeness (QED) is 0.520. The number of benzene rings is 1. The third kappa shape index (κ3) is 2.86. The van der Waals surface area contributed by atoms with Crippen molar-refractivity contribution < 1.29 is 24.3 Å². The Morgan fingerprint density at radius 1 is 1.38 bits per heavy atom. The summed E-state index contributed by atoms with van der Waals surface area (Å²) in [6.45, 7) is 0. The zero-order chi connectivity index (χ0) is 15.5. The first-order valence-electron chi connectivity index (χ1n) is 6.07. The van der Waals surface area contributed by atoms with Crippen molar-refractivity contribution in [1.82, 2.24) is 0 Å². The molecule has 7 heteroatoms. The van der Waals surface area contributed by atoms with Crippen LogP contribution in [0.15, 0.2) is 48.3 Å². The van der Waals surface area contributed by atoms with Gasteiger partial charge < -0.3 is 14.6 Å². The monoisotopic (exact) mass is 291 g/mol. The molecule has 1 unspecified atom stereocenters. The molecule has 7 nitrogen and oxygen atoms in total. The van der Waals surface area contributed by atoms with Gasteiger partial charge in [0.1, 0.15) is 11.5 Å². The Bertz CT molecular complexity index is 619. The number of methoxy groups -OCH3 is 1. The first-order chi connectivity index (χ1) is 9.98. The van der Waals surface area contributed by atoms with E-state index < -0.39 is 16.6 Å². The third-order valence-electron chi connectivity index (χ3n) is 3.26. The minimum Gasteiger partial charge on any atom is -0.497 e. The SMILES string of the molecule is COc1ccc(C2([N+](=O)[O-])C=CC(OC(=O)O)=CC2)cc1. The second-order valence-corrected chi connectivity index (χ2v) is 4.42. The van der Waals surface area contributed by atoms with Crippen molar-refractivity contribution in [1.29, 1.82) is 0 Å². The van der Waals surface area contributed by atoms with Crippen molar-refractivity contribution in [2.45, 2.75) is 12.0 Å². The first-order valence-corrected chi connectivity index (χ1v) is 6.07. The van der Waals surface area contributed by atoms with Crippen LogP contribution >= 0.6 is 0 Å². The molecule has 1 aliphatic rings. The minimum absolute atomic E-state index is 0.00540. The number of hydrogen-bond donors (Lipinski definition) is 1. The molecular weight excluding hydrogens is 278 g/mol. The number of allylic oxidation sites excluding steroid dienone is 1.